The van der Waals surface area contributed by atoms with Crippen molar-refractivity contribution in [2.24, 2.45) is 5.92 Å². The molecule has 0 aromatic carbocycles. The van der Waals surface area contributed by atoms with Crippen LogP contribution in [0.3, 0.4) is 0 Å². The van der Waals surface area contributed by atoms with Crippen molar-refractivity contribution in [3.63, 3.8) is 0 Å². The van der Waals surface area contributed by atoms with E-state index in [1.165, 1.54) is 19.3 Å². The summed E-state index contributed by atoms with van der Waals surface area (Å²) in [6.07, 6.45) is 5.93. The van der Waals surface area contributed by atoms with Crippen molar-refractivity contribution >= 4 is 5.91 Å². The Morgan fingerprint density at radius 2 is 2.00 bits per heavy atom. The molecule has 1 rings (SSSR count). The minimum atomic E-state index is -0.0315. The molecule has 2 N–H and O–H groups in total. The largest absolute Gasteiger partial charge is 0.352 e. The molecule has 1 heterocycles. The Balaban J connectivity index is 2.26. The van der Waals surface area contributed by atoms with Crippen LogP contribution in [0.5, 0.6) is 0 Å². The van der Waals surface area contributed by atoms with E-state index in [2.05, 4.69) is 36.4 Å². The van der Waals surface area contributed by atoms with Gasteiger partial charge in [-0.3, -0.25) is 9.69 Å². The normalized spacial score (nSPS) is 19.9. The molecule has 1 amide bonds. The average Bonchev–Trinajstić information content (AvgIpc) is 2.45. The second-order valence-electron chi connectivity index (χ2n) is 6.34. The summed E-state index contributed by atoms with van der Waals surface area (Å²) in [7, 11) is 2.07. The van der Waals surface area contributed by atoms with E-state index in [9.17, 15) is 4.79 Å². The first-order valence-electron chi connectivity index (χ1n) is 8.26. The molecule has 0 aromatic rings. The molecule has 1 aliphatic heterocycles. The molecule has 1 aliphatic rings. The topological polar surface area (TPSA) is 44.4 Å². The lowest BCUT2D eigenvalue weighted by atomic mass is 9.94. The van der Waals surface area contributed by atoms with Crippen LogP contribution in [0.15, 0.2) is 0 Å². The maximum absolute atomic E-state index is 12.2. The van der Waals surface area contributed by atoms with Crippen molar-refractivity contribution < 1.29 is 4.79 Å². The Morgan fingerprint density at radius 1 is 1.35 bits per heavy atom. The van der Waals surface area contributed by atoms with Gasteiger partial charge >= 0.3 is 0 Å². The number of rotatable bonds is 8. The van der Waals surface area contributed by atoms with Crippen LogP contribution in [0, 0.1) is 5.92 Å². The summed E-state index contributed by atoms with van der Waals surface area (Å²) in [4.78, 5) is 14.3. The molecule has 4 heteroatoms. The van der Waals surface area contributed by atoms with Crippen LogP contribution in [0.4, 0.5) is 0 Å². The van der Waals surface area contributed by atoms with Gasteiger partial charge in [0.15, 0.2) is 0 Å². The summed E-state index contributed by atoms with van der Waals surface area (Å²) in [5.74, 6) is 0.992. The Bertz CT molecular complexity index is 277. The SMILES string of the molecule is CCCC(C)NC(=O)C(C)N(C)CCC1CCNCC1. The molecule has 0 bridgehead atoms. The summed E-state index contributed by atoms with van der Waals surface area (Å²) in [5, 5.41) is 6.51. The fraction of sp³-hybridized carbons (Fsp3) is 0.938. The van der Waals surface area contributed by atoms with Crippen molar-refractivity contribution in [1.82, 2.24) is 15.5 Å². The minimum absolute atomic E-state index is 0.0315. The monoisotopic (exact) mass is 283 g/mol. The maximum atomic E-state index is 12.2. The highest BCUT2D eigenvalue weighted by atomic mass is 16.2. The summed E-state index contributed by atoms with van der Waals surface area (Å²) in [5.41, 5.74) is 0. The fourth-order valence-electron chi connectivity index (χ4n) is 2.82. The van der Waals surface area contributed by atoms with E-state index in [1.807, 2.05) is 6.92 Å². The molecule has 0 spiro atoms. The van der Waals surface area contributed by atoms with Crippen molar-refractivity contribution in [2.75, 3.05) is 26.7 Å². The average molecular weight is 283 g/mol. The molecule has 0 aliphatic carbocycles. The van der Waals surface area contributed by atoms with Crippen molar-refractivity contribution in [2.45, 2.75) is 65.0 Å². The number of hydrogen-bond acceptors (Lipinski definition) is 3. The highest BCUT2D eigenvalue weighted by molar-refractivity contribution is 5.81. The fourth-order valence-corrected chi connectivity index (χ4v) is 2.82. The highest BCUT2D eigenvalue weighted by Gasteiger charge is 2.20. The molecule has 0 radical (unpaired) electrons. The second kappa shape index (κ2) is 9.35. The van der Waals surface area contributed by atoms with Crippen molar-refractivity contribution in [1.29, 1.82) is 0 Å². The predicted molar refractivity (Wildman–Crippen MR) is 84.8 cm³/mol. The van der Waals surface area contributed by atoms with Gasteiger partial charge < -0.3 is 10.6 Å². The van der Waals surface area contributed by atoms with Crippen LogP contribution in [-0.4, -0.2) is 49.6 Å². The quantitative estimate of drug-likeness (QED) is 0.716. The lowest BCUT2D eigenvalue weighted by Gasteiger charge is -2.28. The standard InChI is InChI=1S/C16H33N3O/c1-5-6-13(2)18-16(20)14(3)19(4)12-9-15-7-10-17-11-8-15/h13-15,17H,5-12H2,1-4H3,(H,18,20). The molecule has 2 atom stereocenters. The van der Waals surface area contributed by atoms with Crippen LogP contribution in [0.2, 0.25) is 0 Å². The molecule has 1 fully saturated rings. The minimum Gasteiger partial charge on any atom is -0.352 e. The van der Waals surface area contributed by atoms with Gasteiger partial charge in [-0.2, -0.15) is 0 Å². The Kier molecular flexibility index (Phi) is 8.15. The number of amides is 1. The number of piperidine rings is 1. The first-order chi connectivity index (χ1) is 9.54. The second-order valence-corrected chi connectivity index (χ2v) is 6.34. The van der Waals surface area contributed by atoms with Crippen LogP contribution in [0.25, 0.3) is 0 Å². The Morgan fingerprint density at radius 3 is 2.60 bits per heavy atom. The van der Waals surface area contributed by atoms with E-state index >= 15 is 0 Å². The van der Waals surface area contributed by atoms with Gasteiger partial charge in [0.1, 0.15) is 0 Å². The van der Waals surface area contributed by atoms with Gasteiger partial charge in [-0.05, 0) is 72.1 Å². The zero-order valence-electron chi connectivity index (χ0n) is 13.7. The van der Waals surface area contributed by atoms with Gasteiger partial charge in [-0.15, -0.1) is 0 Å². The molecule has 1 saturated heterocycles. The third-order valence-electron chi connectivity index (χ3n) is 4.50. The number of nitrogens with zero attached hydrogens (tertiary/aromatic N) is 1. The number of nitrogens with one attached hydrogen (secondary N) is 2. The van der Waals surface area contributed by atoms with Gasteiger partial charge in [0, 0.05) is 6.04 Å². The highest BCUT2D eigenvalue weighted by Crippen LogP contribution is 2.16. The number of carbonyl (C=O) groups is 1. The molecular formula is C16H33N3O. The first kappa shape index (κ1) is 17.4. The summed E-state index contributed by atoms with van der Waals surface area (Å²) in [6, 6.07) is 0.254. The summed E-state index contributed by atoms with van der Waals surface area (Å²) >= 11 is 0. The molecule has 4 nitrogen and oxygen atoms in total. The van der Waals surface area contributed by atoms with Crippen LogP contribution in [-0.2, 0) is 4.79 Å². The smallest absolute Gasteiger partial charge is 0.237 e. The zero-order valence-corrected chi connectivity index (χ0v) is 13.7. The lowest BCUT2D eigenvalue weighted by molar-refractivity contribution is -0.126. The third-order valence-corrected chi connectivity index (χ3v) is 4.50. The van der Waals surface area contributed by atoms with E-state index in [0.717, 1.165) is 38.4 Å². The predicted octanol–water partition coefficient (Wildman–Crippen LogP) is 2.00. The van der Waals surface area contributed by atoms with E-state index in [0.29, 0.717) is 0 Å². The zero-order chi connectivity index (χ0) is 15.0. The van der Waals surface area contributed by atoms with E-state index in [-0.39, 0.29) is 18.0 Å². The number of carbonyl (C=O) groups excluding carboxylic acids is 1. The van der Waals surface area contributed by atoms with Gasteiger partial charge in [0.2, 0.25) is 5.91 Å². The van der Waals surface area contributed by atoms with Gasteiger partial charge in [0.05, 0.1) is 6.04 Å². The van der Waals surface area contributed by atoms with Gasteiger partial charge in [-0.25, -0.2) is 0 Å². The van der Waals surface area contributed by atoms with Crippen LogP contribution < -0.4 is 10.6 Å². The molecule has 20 heavy (non-hydrogen) atoms. The maximum Gasteiger partial charge on any atom is 0.237 e. The molecule has 0 aromatic heterocycles. The van der Waals surface area contributed by atoms with E-state index < -0.39 is 0 Å². The Hall–Kier alpha value is -0.610. The van der Waals surface area contributed by atoms with Crippen LogP contribution >= 0.6 is 0 Å². The molecule has 118 valence electrons. The van der Waals surface area contributed by atoms with E-state index in [1.54, 1.807) is 0 Å². The van der Waals surface area contributed by atoms with Crippen molar-refractivity contribution in [3.8, 4) is 0 Å². The van der Waals surface area contributed by atoms with Gasteiger partial charge in [0.25, 0.3) is 0 Å². The van der Waals surface area contributed by atoms with Crippen LogP contribution in [0.1, 0.15) is 52.9 Å². The summed E-state index contributed by atoms with van der Waals surface area (Å²) < 4.78 is 0. The molecular weight excluding hydrogens is 250 g/mol. The molecule has 0 saturated carbocycles. The third kappa shape index (κ3) is 6.23. The number of hydrogen-bond donors (Lipinski definition) is 2. The van der Waals surface area contributed by atoms with Crippen molar-refractivity contribution in [3.05, 3.63) is 0 Å². The van der Waals surface area contributed by atoms with E-state index in [4.69, 9.17) is 0 Å². The first-order valence-corrected chi connectivity index (χ1v) is 8.26. The summed E-state index contributed by atoms with van der Waals surface area (Å²) in [6.45, 7) is 9.57. The number of likely N-dealkylation sites (N-methyl/N-ethyl adjacent to an activating group) is 1. The van der Waals surface area contributed by atoms with Gasteiger partial charge in [-0.1, -0.05) is 13.3 Å². The lowest BCUT2D eigenvalue weighted by Crippen LogP contribution is -2.46. The molecule has 2 unspecified atom stereocenters. The Labute approximate surface area is 124 Å².